The fourth-order valence-corrected chi connectivity index (χ4v) is 4.17. The van der Waals surface area contributed by atoms with Crippen molar-refractivity contribution in [2.75, 3.05) is 10.8 Å². The van der Waals surface area contributed by atoms with Crippen LogP contribution in [0.3, 0.4) is 0 Å². The van der Waals surface area contributed by atoms with Crippen LogP contribution in [0.5, 0.6) is 0 Å². The molecule has 0 bridgehead atoms. The second-order valence-electron chi connectivity index (χ2n) is 6.42. The highest BCUT2D eigenvalue weighted by atomic mass is 32.2. The van der Waals surface area contributed by atoms with Gasteiger partial charge in [-0.05, 0) is 53.9 Å². The van der Waals surface area contributed by atoms with Crippen LogP contribution in [0.15, 0.2) is 89.1 Å². The summed E-state index contributed by atoms with van der Waals surface area (Å²) in [5.41, 5.74) is 4.62. The summed E-state index contributed by atoms with van der Waals surface area (Å²) in [6.07, 6.45) is 5.51. The van der Waals surface area contributed by atoms with E-state index in [4.69, 9.17) is 0 Å². The molecule has 0 saturated heterocycles. The van der Waals surface area contributed by atoms with Crippen molar-refractivity contribution in [1.29, 1.82) is 0 Å². The molecule has 0 atom stereocenters. The highest BCUT2D eigenvalue weighted by molar-refractivity contribution is 7.92. The van der Waals surface area contributed by atoms with Crippen LogP contribution >= 0.6 is 0 Å². The number of carbonyl (C=O) groups excluding carboxylic acids is 1. The van der Waals surface area contributed by atoms with E-state index in [1.807, 2.05) is 19.1 Å². The first-order valence-electron chi connectivity index (χ1n) is 9.39. The number of aryl methyl sites for hydroxylation is 1. The van der Waals surface area contributed by atoms with E-state index < -0.39 is 22.5 Å². The first kappa shape index (κ1) is 21.2. The predicted molar refractivity (Wildman–Crippen MR) is 117 cm³/mol. The van der Waals surface area contributed by atoms with Crippen LogP contribution in [-0.4, -0.2) is 32.1 Å². The number of pyridine rings is 1. The van der Waals surface area contributed by atoms with Gasteiger partial charge in [0, 0.05) is 12.4 Å². The summed E-state index contributed by atoms with van der Waals surface area (Å²) < 4.78 is 27.5. The monoisotopic (exact) mass is 422 g/mol. The molecule has 0 fully saturated rings. The van der Waals surface area contributed by atoms with Crippen molar-refractivity contribution >= 4 is 27.8 Å². The minimum atomic E-state index is -3.93. The molecular formula is C22H22N4O3S. The molecule has 0 saturated carbocycles. The summed E-state index contributed by atoms with van der Waals surface area (Å²) in [5, 5.41) is 3.90. The highest BCUT2D eigenvalue weighted by Gasteiger charge is 2.27. The fourth-order valence-electron chi connectivity index (χ4n) is 2.73. The topological polar surface area (TPSA) is 91.7 Å². The zero-order valence-electron chi connectivity index (χ0n) is 16.5. The molecule has 0 unspecified atom stereocenters. The number of sulfonamides is 1. The van der Waals surface area contributed by atoms with E-state index in [1.54, 1.807) is 54.9 Å². The largest absolute Gasteiger partial charge is 0.271 e. The van der Waals surface area contributed by atoms with E-state index in [0.717, 1.165) is 21.9 Å². The molecule has 30 heavy (non-hydrogen) atoms. The van der Waals surface area contributed by atoms with Gasteiger partial charge in [0.25, 0.3) is 15.9 Å². The number of hydrogen-bond acceptors (Lipinski definition) is 5. The molecule has 3 aromatic rings. The summed E-state index contributed by atoms with van der Waals surface area (Å²) in [6, 6.07) is 18.6. The quantitative estimate of drug-likeness (QED) is 0.446. The van der Waals surface area contributed by atoms with Crippen molar-refractivity contribution in [1.82, 2.24) is 10.4 Å². The molecule has 154 valence electrons. The molecule has 3 rings (SSSR count). The van der Waals surface area contributed by atoms with Gasteiger partial charge in [-0.3, -0.25) is 14.1 Å². The Morgan fingerprint density at radius 1 is 1.03 bits per heavy atom. The van der Waals surface area contributed by atoms with E-state index in [0.29, 0.717) is 5.69 Å². The van der Waals surface area contributed by atoms with Crippen molar-refractivity contribution < 1.29 is 13.2 Å². The molecule has 0 aliphatic heterocycles. The van der Waals surface area contributed by atoms with Crippen LogP contribution < -0.4 is 9.73 Å². The Hall–Kier alpha value is -3.52. The Balaban J connectivity index is 1.83. The number of hydrogen-bond donors (Lipinski definition) is 1. The van der Waals surface area contributed by atoms with Gasteiger partial charge < -0.3 is 0 Å². The van der Waals surface area contributed by atoms with Crippen molar-refractivity contribution in [2.45, 2.75) is 18.2 Å². The van der Waals surface area contributed by atoms with E-state index in [-0.39, 0.29) is 4.90 Å². The second-order valence-corrected chi connectivity index (χ2v) is 8.28. The Labute approximate surface area is 176 Å². The second kappa shape index (κ2) is 9.80. The first-order chi connectivity index (χ1) is 14.5. The van der Waals surface area contributed by atoms with Crippen molar-refractivity contribution in [3.8, 4) is 0 Å². The van der Waals surface area contributed by atoms with Crippen LogP contribution in [0.2, 0.25) is 0 Å². The van der Waals surface area contributed by atoms with Crippen LogP contribution in [0.25, 0.3) is 0 Å². The summed E-state index contributed by atoms with van der Waals surface area (Å²) in [5.74, 6) is -0.556. The standard InChI is InChI=1S/C22H22N4O3S/c1-2-18-8-10-20(11-9-18)26(30(28,29)21-6-4-3-5-7-21)17-22(27)25-24-16-19-12-14-23-15-13-19/h3-16H,2,17H2,1H3,(H,25,27)/b24-16-. The summed E-state index contributed by atoms with van der Waals surface area (Å²) in [4.78, 5) is 16.5. The smallest absolute Gasteiger partial charge is 0.264 e. The SMILES string of the molecule is CCc1ccc(N(CC(=O)N/N=C\c2ccncc2)S(=O)(=O)c2ccccc2)cc1. The summed E-state index contributed by atoms with van der Waals surface area (Å²) in [7, 11) is -3.93. The lowest BCUT2D eigenvalue weighted by atomic mass is 10.1. The molecule has 0 aliphatic rings. The van der Waals surface area contributed by atoms with Crippen LogP contribution in [0, 0.1) is 0 Å². The molecule has 0 aliphatic carbocycles. The fraction of sp³-hybridized carbons (Fsp3) is 0.136. The van der Waals surface area contributed by atoms with E-state index in [2.05, 4.69) is 15.5 Å². The Bertz CT molecular complexity index is 1100. The summed E-state index contributed by atoms with van der Waals surface area (Å²) >= 11 is 0. The van der Waals surface area contributed by atoms with Crippen molar-refractivity contribution in [3.63, 3.8) is 0 Å². The van der Waals surface area contributed by atoms with Crippen LogP contribution in [-0.2, 0) is 21.2 Å². The molecule has 1 amide bonds. The number of rotatable bonds is 8. The lowest BCUT2D eigenvalue weighted by Crippen LogP contribution is -2.39. The number of nitrogens with zero attached hydrogens (tertiary/aromatic N) is 3. The normalized spacial score (nSPS) is 11.4. The van der Waals surface area contributed by atoms with Crippen LogP contribution in [0.1, 0.15) is 18.1 Å². The molecular weight excluding hydrogens is 400 g/mol. The molecule has 1 heterocycles. The predicted octanol–water partition coefficient (Wildman–Crippen LogP) is 2.99. The Kier molecular flexibility index (Phi) is 6.92. The third-order valence-corrected chi connectivity index (χ3v) is 6.15. The van der Waals surface area contributed by atoms with Gasteiger partial charge in [0.15, 0.2) is 0 Å². The van der Waals surface area contributed by atoms with Crippen LogP contribution in [0.4, 0.5) is 5.69 Å². The number of hydrazone groups is 1. The van der Waals surface area contributed by atoms with Gasteiger partial charge in [-0.1, -0.05) is 37.3 Å². The van der Waals surface area contributed by atoms with Gasteiger partial charge in [-0.2, -0.15) is 5.10 Å². The molecule has 1 N–H and O–H groups in total. The zero-order valence-corrected chi connectivity index (χ0v) is 17.3. The zero-order chi connectivity index (χ0) is 21.4. The minimum Gasteiger partial charge on any atom is -0.271 e. The third kappa shape index (κ3) is 5.30. The maximum absolute atomic E-state index is 13.2. The van der Waals surface area contributed by atoms with Gasteiger partial charge in [-0.15, -0.1) is 0 Å². The number of aromatic nitrogens is 1. The minimum absolute atomic E-state index is 0.109. The van der Waals surface area contributed by atoms with E-state index in [1.165, 1.54) is 18.3 Å². The first-order valence-corrected chi connectivity index (χ1v) is 10.8. The molecule has 0 radical (unpaired) electrons. The van der Waals surface area contributed by atoms with Crippen molar-refractivity contribution in [3.05, 3.63) is 90.3 Å². The van der Waals surface area contributed by atoms with Gasteiger partial charge in [0.1, 0.15) is 6.54 Å². The lowest BCUT2D eigenvalue weighted by Gasteiger charge is -2.24. The number of benzene rings is 2. The van der Waals surface area contributed by atoms with E-state index >= 15 is 0 Å². The van der Waals surface area contributed by atoms with Gasteiger partial charge in [0.05, 0.1) is 16.8 Å². The summed E-state index contributed by atoms with van der Waals surface area (Å²) in [6.45, 7) is 1.61. The average Bonchev–Trinajstić information content (AvgIpc) is 2.79. The number of amides is 1. The number of nitrogens with one attached hydrogen (secondary N) is 1. The molecule has 2 aromatic carbocycles. The Morgan fingerprint density at radius 3 is 2.33 bits per heavy atom. The highest BCUT2D eigenvalue weighted by Crippen LogP contribution is 2.24. The van der Waals surface area contributed by atoms with Gasteiger partial charge in [0.2, 0.25) is 0 Å². The average molecular weight is 423 g/mol. The van der Waals surface area contributed by atoms with Gasteiger partial charge >= 0.3 is 0 Å². The lowest BCUT2D eigenvalue weighted by molar-refractivity contribution is -0.119. The maximum atomic E-state index is 13.2. The maximum Gasteiger partial charge on any atom is 0.264 e. The molecule has 8 heteroatoms. The number of anilines is 1. The van der Waals surface area contributed by atoms with Gasteiger partial charge in [-0.25, -0.2) is 13.8 Å². The van der Waals surface area contributed by atoms with Crippen molar-refractivity contribution in [2.24, 2.45) is 5.10 Å². The Morgan fingerprint density at radius 2 is 1.70 bits per heavy atom. The number of carbonyl (C=O) groups is 1. The molecule has 0 spiro atoms. The molecule has 1 aromatic heterocycles. The van der Waals surface area contributed by atoms with E-state index in [9.17, 15) is 13.2 Å². The molecule has 7 nitrogen and oxygen atoms in total. The third-order valence-electron chi connectivity index (χ3n) is 4.36.